The summed E-state index contributed by atoms with van der Waals surface area (Å²) in [5.74, 6) is 2.32. The second-order valence-corrected chi connectivity index (χ2v) is 6.18. The molecule has 0 saturated carbocycles. The zero-order valence-corrected chi connectivity index (χ0v) is 17.4. The van der Waals surface area contributed by atoms with Crippen molar-refractivity contribution in [2.45, 2.75) is 19.6 Å². The molecule has 0 saturated heterocycles. The minimum Gasteiger partial charge on any atom is -0.496 e. The third-order valence-corrected chi connectivity index (χ3v) is 4.20. The molecule has 0 spiro atoms. The van der Waals surface area contributed by atoms with E-state index in [4.69, 9.17) is 18.9 Å². The number of halogens is 1. The van der Waals surface area contributed by atoms with Crippen molar-refractivity contribution in [2.75, 3.05) is 34.9 Å². The molecule has 0 aliphatic carbocycles. The second-order valence-electron chi connectivity index (χ2n) is 6.18. The number of benzene rings is 2. The Bertz CT molecular complexity index is 804. The predicted molar refractivity (Wildman–Crippen MR) is 111 cm³/mol. The van der Waals surface area contributed by atoms with E-state index in [1.54, 1.807) is 58.7 Å². The van der Waals surface area contributed by atoms with Crippen LogP contribution in [-0.4, -0.2) is 47.0 Å². The number of hydrogen-bond acceptors (Lipinski definition) is 5. The third kappa shape index (κ3) is 6.17. The Morgan fingerprint density at radius 3 is 2.21 bits per heavy atom. The lowest BCUT2D eigenvalue weighted by atomic mass is 10.1. The fourth-order valence-electron chi connectivity index (χ4n) is 2.68. The summed E-state index contributed by atoms with van der Waals surface area (Å²) in [7, 11) is 6.43. The highest BCUT2D eigenvalue weighted by Gasteiger charge is 2.14. The average Bonchev–Trinajstić information content (AvgIpc) is 2.74. The minimum atomic E-state index is -0.388. The Hall–Kier alpha value is -3.16. The van der Waals surface area contributed by atoms with Crippen LogP contribution >= 0.6 is 0 Å². The highest BCUT2D eigenvalue weighted by Crippen LogP contribution is 2.33. The Morgan fingerprint density at radius 1 is 1.00 bits per heavy atom. The van der Waals surface area contributed by atoms with Crippen molar-refractivity contribution >= 4 is 5.96 Å². The van der Waals surface area contributed by atoms with Gasteiger partial charge in [-0.05, 0) is 19.1 Å². The van der Waals surface area contributed by atoms with Gasteiger partial charge in [-0.15, -0.1) is 0 Å². The van der Waals surface area contributed by atoms with Crippen LogP contribution in [0.1, 0.15) is 12.5 Å². The van der Waals surface area contributed by atoms with Crippen LogP contribution in [0.2, 0.25) is 0 Å². The third-order valence-electron chi connectivity index (χ3n) is 4.20. The van der Waals surface area contributed by atoms with Gasteiger partial charge >= 0.3 is 0 Å². The summed E-state index contributed by atoms with van der Waals surface area (Å²) in [4.78, 5) is 4.20. The zero-order valence-electron chi connectivity index (χ0n) is 17.4. The topological polar surface area (TPSA) is 73.3 Å². The first-order chi connectivity index (χ1) is 14.0. The van der Waals surface area contributed by atoms with E-state index in [-0.39, 0.29) is 17.7 Å². The summed E-state index contributed by atoms with van der Waals surface area (Å²) < 4.78 is 35.5. The van der Waals surface area contributed by atoms with E-state index in [2.05, 4.69) is 15.6 Å². The number of guanidine groups is 1. The lowest BCUT2D eigenvalue weighted by Crippen LogP contribution is -2.41. The molecule has 0 radical (unpaired) electrons. The van der Waals surface area contributed by atoms with Crippen molar-refractivity contribution in [3.05, 3.63) is 47.8 Å². The van der Waals surface area contributed by atoms with Crippen molar-refractivity contribution in [1.82, 2.24) is 10.6 Å². The van der Waals surface area contributed by atoms with Crippen molar-refractivity contribution in [3.8, 4) is 23.0 Å². The molecular weight excluding hydrogens is 377 g/mol. The summed E-state index contributed by atoms with van der Waals surface area (Å²) in [5, 5.41) is 6.37. The van der Waals surface area contributed by atoms with Crippen LogP contribution in [0.5, 0.6) is 23.0 Å². The molecule has 2 aromatic carbocycles. The Kier molecular flexibility index (Phi) is 8.39. The van der Waals surface area contributed by atoms with Crippen LogP contribution in [0.4, 0.5) is 4.39 Å². The van der Waals surface area contributed by atoms with Crippen molar-refractivity contribution < 1.29 is 23.3 Å². The van der Waals surface area contributed by atoms with Crippen molar-refractivity contribution in [1.29, 1.82) is 0 Å². The fourth-order valence-corrected chi connectivity index (χ4v) is 2.68. The minimum absolute atomic E-state index is 0.220. The molecule has 8 heteroatoms. The summed E-state index contributed by atoms with van der Waals surface area (Å²) >= 11 is 0. The Balaban J connectivity index is 1.96. The molecule has 2 aromatic rings. The molecule has 0 heterocycles. The van der Waals surface area contributed by atoms with Crippen LogP contribution in [0.3, 0.4) is 0 Å². The van der Waals surface area contributed by atoms with Gasteiger partial charge < -0.3 is 29.6 Å². The maximum atomic E-state index is 13.7. The van der Waals surface area contributed by atoms with Gasteiger partial charge in [0.2, 0.25) is 0 Å². The van der Waals surface area contributed by atoms with Crippen LogP contribution in [0.15, 0.2) is 41.4 Å². The highest BCUT2D eigenvalue weighted by atomic mass is 19.1. The Labute approximate surface area is 170 Å². The maximum absolute atomic E-state index is 13.7. The lowest BCUT2D eigenvalue weighted by Gasteiger charge is -2.19. The molecule has 0 bridgehead atoms. The number of para-hydroxylation sites is 1. The summed E-state index contributed by atoms with van der Waals surface area (Å²) in [6.45, 7) is 2.70. The van der Waals surface area contributed by atoms with Crippen LogP contribution in [0.25, 0.3) is 0 Å². The average molecular weight is 405 g/mol. The molecule has 2 N–H and O–H groups in total. The number of nitrogens with zero attached hydrogens (tertiary/aromatic N) is 1. The molecule has 29 heavy (non-hydrogen) atoms. The van der Waals surface area contributed by atoms with Gasteiger partial charge in [-0.2, -0.15) is 0 Å². The van der Waals surface area contributed by atoms with Gasteiger partial charge in [-0.25, -0.2) is 4.39 Å². The van der Waals surface area contributed by atoms with Gasteiger partial charge in [0.25, 0.3) is 0 Å². The molecule has 1 unspecified atom stereocenters. The summed E-state index contributed by atoms with van der Waals surface area (Å²) in [5.41, 5.74) is 0.828. The normalized spacial score (nSPS) is 12.1. The predicted octanol–water partition coefficient (Wildman–Crippen LogP) is 2.98. The Morgan fingerprint density at radius 2 is 1.66 bits per heavy atom. The molecule has 0 amide bonds. The first-order valence-electron chi connectivity index (χ1n) is 9.17. The largest absolute Gasteiger partial charge is 0.496 e. The number of methoxy groups -OCH3 is 3. The molecule has 0 aliphatic rings. The van der Waals surface area contributed by atoms with Gasteiger partial charge in [-0.1, -0.05) is 12.1 Å². The van der Waals surface area contributed by atoms with Crippen LogP contribution in [-0.2, 0) is 6.54 Å². The molecule has 0 aromatic heterocycles. The molecule has 0 fully saturated rings. The van der Waals surface area contributed by atoms with E-state index >= 15 is 0 Å². The lowest BCUT2D eigenvalue weighted by molar-refractivity contribution is 0.214. The van der Waals surface area contributed by atoms with Gasteiger partial charge in [-0.3, -0.25) is 4.99 Å². The number of ether oxygens (including phenoxy) is 4. The summed E-state index contributed by atoms with van der Waals surface area (Å²) in [6.07, 6.45) is -0.268. The first kappa shape index (κ1) is 22.1. The van der Waals surface area contributed by atoms with Crippen LogP contribution < -0.4 is 29.6 Å². The first-order valence-corrected chi connectivity index (χ1v) is 9.17. The standard InChI is InChI=1S/C21H28FN3O4/c1-14(29-18-9-7-6-8-17(18)22)12-24-21(23-2)25-13-16-19(27-4)10-15(26-3)11-20(16)28-5/h6-11,14H,12-13H2,1-5H3,(H2,23,24,25). The second kappa shape index (κ2) is 11.0. The van der Waals surface area contributed by atoms with Crippen molar-refractivity contribution in [3.63, 3.8) is 0 Å². The number of aliphatic imine (C=N–C) groups is 1. The van der Waals surface area contributed by atoms with Crippen LogP contribution in [0, 0.1) is 5.82 Å². The SMILES string of the molecule is CN=C(NCc1c(OC)cc(OC)cc1OC)NCC(C)Oc1ccccc1F. The quantitative estimate of drug-likeness (QED) is 0.494. The van der Waals surface area contributed by atoms with E-state index in [9.17, 15) is 4.39 Å². The van der Waals surface area contributed by atoms with E-state index in [1.165, 1.54) is 6.07 Å². The molecule has 1 atom stereocenters. The van der Waals surface area contributed by atoms with E-state index in [1.807, 2.05) is 6.92 Å². The van der Waals surface area contributed by atoms with E-state index in [0.29, 0.717) is 36.3 Å². The molecule has 0 aliphatic heterocycles. The molecule has 2 rings (SSSR count). The van der Waals surface area contributed by atoms with Gasteiger partial charge in [0.15, 0.2) is 17.5 Å². The van der Waals surface area contributed by atoms with Gasteiger partial charge in [0.05, 0.1) is 40.0 Å². The number of nitrogens with one attached hydrogen (secondary N) is 2. The van der Waals surface area contributed by atoms with Gasteiger partial charge in [0, 0.05) is 19.2 Å². The maximum Gasteiger partial charge on any atom is 0.191 e. The fraction of sp³-hybridized carbons (Fsp3) is 0.381. The van der Waals surface area contributed by atoms with E-state index < -0.39 is 0 Å². The highest BCUT2D eigenvalue weighted by molar-refractivity contribution is 5.79. The van der Waals surface area contributed by atoms with Gasteiger partial charge in [0.1, 0.15) is 23.4 Å². The van der Waals surface area contributed by atoms with Crippen molar-refractivity contribution in [2.24, 2.45) is 4.99 Å². The summed E-state index contributed by atoms with van der Waals surface area (Å²) in [6, 6.07) is 9.90. The number of rotatable bonds is 9. The zero-order chi connectivity index (χ0) is 21.2. The molecular formula is C21H28FN3O4. The molecule has 7 nitrogen and oxygen atoms in total. The van der Waals surface area contributed by atoms with E-state index in [0.717, 1.165) is 5.56 Å². The number of hydrogen-bond donors (Lipinski definition) is 2. The monoisotopic (exact) mass is 405 g/mol. The molecule has 158 valence electrons. The smallest absolute Gasteiger partial charge is 0.191 e.